The topological polar surface area (TPSA) is 20.2 Å². The Morgan fingerprint density at radius 3 is 2.22 bits per heavy atom. The van der Waals surface area contributed by atoms with Gasteiger partial charge in [0.05, 0.1) is 0 Å². The van der Waals surface area contributed by atoms with Gasteiger partial charge in [-0.1, -0.05) is 30.3 Å². The Balaban J connectivity index is 0.00000162. The minimum Gasteiger partial charge on any atom is -1.00 e. The maximum atomic E-state index is 9.17. The number of aromatic hydroxyl groups is 1. The first kappa shape index (κ1) is 14.9. The highest BCUT2D eigenvalue weighted by atomic mass is 35.5. The maximum Gasteiger partial charge on any atom is 0.152 e. The van der Waals surface area contributed by atoms with Crippen LogP contribution in [0.1, 0.15) is 12.0 Å². The highest BCUT2D eigenvalue weighted by molar-refractivity contribution is 7.78. The number of phenols is 1. The molecule has 0 aromatic heterocycles. The first-order valence-electron chi connectivity index (χ1n) is 5.85. The summed E-state index contributed by atoms with van der Waals surface area (Å²) >= 11 is 1.34. The summed E-state index contributed by atoms with van der Waals surface area (Å²) in [5, 5.41) is 9.17. The number of halogens is 1. The number of aryl methyl sites for hydroxylation is 1. The van der Waals surface area contributed by atoms with E-state index in [1.807, 2.05) is 12.1 Å². The van der Waals surface area contributed by atoms with E-state index in [-0.39, 0.29) is 12.4 Å². The highest BCUT2D eigenvalue weighted by Gasteiger charge is 2.02. The molecule has 18 heavy (non-hydrogen) atoms. The summed E-state index contributed by atoms with van der Waals surface area (Å²) < 4.78 is 0. The van der Waals surface area contributed by atoms with Gasteiger partial charge in [-0.2, -0.15) is 0 Å². The van der Waals surface area contributed by atoms with E-state index in [1.165, 1.54) is 34.4 Å². The zero-order chi connectivity index (χ0) is 11.9. The molecule has 0 aliphatic carbocycles. The molecule has 0 saturated carbocycles. The number of phenolic OH excluding ortho intramolecular Hbond substituents is 1. The van der Waals surface area contributed by atoms with Crippen LogP contribution in [0.4, 0.5) is 0 Å². The molecule has 1 N–H and O–H groups in total. The average Bonchev–Trinajstić information content (AvgIpc) is 2.38. The molecule has 3 heteroatoms. The van der Waals surface area contributed by atoms with Gasteiger partial charge >= 0.3 is 0 Å². The molecule has 0 unspecified atom stereocenters. The fraction of sp³-hybridized carbons (Fsp3) is 0.200. The van der Waals surface area contributed by atoms with Crippen molar-refractivity contribution >= 4 is 11.8 Å². The van der Waals surface area contributed by atoms with Crippen LogP contribution in [-0.2, 0) is 18.2 Å². The predicted molar refractivity (Wildman–Crippen MR) is 74.8 cm³/mol. The number of thiol groups is 1. The van der Waals surface area contributed by atoms with Crippen LogP contribution >= 0.6 is 0 Å². The van der Waals surface area contributed by atoms with Crippen LogP contribution in [0.15, 0.2) is 59.5 Å². The van der Waals surface area contributed by atoms with Crippen molar-refractivity contribution in [2.75, 3.05) is 5.75 Å². The standard InChI is InChI=1S/C15H16OS.ClH/c16-14-8-10-15(11-9-14)17-12-4-7-13-5-2-1-3-6-13;/h1-3,5-6,8-11,16H,4,7,12H2;1H. The van der Waals surface area contributed by atoms with Gasteiger partial charge < -0.3 is 17.5 Å². The smallest absolute Gasteiger partial charge is 0.152 e. The number of hydrogen-bond acceptors (Lipinski definition) is 1. The monoisotopic (exact) mass is 280 g/mol. The molecule has 0 aliphatic rings. The lowest BCUT2D eigenvalue weighted by Gasteiger charge is -1.97. The summed E-state index contributed by atoms with van der Waals surface area (Å²) in [6, 6.07) is 18.1. The van der Waals surface area contributed by atoms with Gasteiger partial charge in [0.2, 0.25) is 0 Å². The Morgan fingerprint density at radius 2 is 1.56 bits per heavy atom. The number of rotatable bonds is 5. The molecule has 0 heterocycles. The molecule has 0 amide bonds. The molecule has 2 aromatic rings. The van der Waals surface area contributed by atoms with Crippen molar-refractivity contribution in [1.29, 1.82) is 0 Å². The third-order valence-electron chi connectivity index (χ3n) is 2.61. The second-order valence-corrected chi connectivity index (χ2v) is 5.27. The summed E-state index contributed by atoms with van der Waals surface area (Å²) in [5.74, 6) is 1.51. The minimum absolute atomic E-state index is 0. The molecule has 0 spiro atoms. The molecular formula is C15H17ClOS. The molecule has 1 nitrogen and oxygen atoms in total. The molecule has 0 aliphatic heterocycles. The lowest BCUT2D eigenvalue weighted by molar-refractivity contribution is -0.00000443. The van der Waals surface area contributed by atoms with Crippen molar-refractivity contribution in [2.24, 2.45) is 0 Å². The second kappa shape index (κ2) is 8.06. The van der Waals surface area contributed by atoms with Gasteiger partial charge in [-0.3, -0.25) is 0 Å². The van der Waals surface area contributed by atoms with E-state index in [4.69, 9.17) is 0 Å². The van der Waals surface area contributed by atoms with Crippen LogP contribution in [0.2, 0.25) is 0 Å². The van der Waals surface area contributed by atoms with Crippen LogP contribution < -0.4 is 12.4 Å². The van der Waals surface area contributed by atoms with Gasteiger partial charge in [0.1, 0.15) is 11.5 Å². The zero-order valence-electron chi connectivity index (χ0n) is 10.1. The van der Waals surface area contributed by atoms with Gasteiger partial charge in [-0.05, 0) is 42.7 Å². The highest BCUT2D eigenvalue weighted by Crippen LogP contribution is 2.12. The van der Waals surface area contributed by atoms with Gasteiger partial charge in [-0.15, -0.1) is 0 Å². The molecule has 0 bridgehead atoms. The van der Waals surface area contributed by atoms with Crippen LogP contribution in [0, 0.1) is 0 Å². The largest absolute Gasteiger partial charge is 1.00 e. The van der Waals surface area contributed by atoms with Crippen LogP contribution in [0.3, 0.4) is 0 Å². The molecule has 96 valence electrons. The maximum absolute atomic E-state index is 9.17. The summed E-state index contributed by atoms with van der Waals surface area (Å²) in [6.45, 7) is 0. The third kappa shape index (κ3) is 5.03. The summed E-state index contributed by atoms with van der Waals surface area (Å²) in [6.07, 6.45) is 2.35. The number of benzene rings is 2. The SMILES string of the molecule is Oc1ccc([SH+]CCCc2ccccc2)cc1.[Cl-]. The van der Waals surface area contributed by atoms with E-state index in [0.717, 1.165) is 6.42 Å². The van der Waals surface area contributed by atoms with Gasteiger partial charge in [0.25, 0.3) is 0 Å². The van der Waals surface area contributed by atoms with Gasteiger partial charge in [0, 0.05) is 11.8 Å². The summed E-state index contributed by atoms with van der Waals surface area (Å²) in [4.78, 5) is 1.27. The molecular weight excluding hydrogens is 264 g/mol. The Morgan fingerprint density at radius 1 is 0.889 bits per heavy atom. The van der Waals surface area contributed by atoms with Crippen molar-refractivity contribution < 1.29 is 17.5 Å². The Bertz CT molecular complexity index is 442. The van der Waals surface area contributed by atoms with E-state index in [2.05, 4.69) is 30.3 Å². The normalized spacial score (nSPS) is 9.78. The van der Waals surface area contributed by atoms with E-state index < -0.39 is 0 Å². The van der Waals surface area contributed by atoms with Crippen molar-refractivity contribution in [2.45, 2.75) is 17.7 Å². The zero-order valence-corrected chi connectivity index (χ0v) is 11.7. The fourth-order valence-corrected chi connectivity index (χ4v) is 2.63. The van der Waals surface area contributed by atoms with E-state index in [9.17, 15) is 5.11 Å². The predicted octanol–water partition coefficient (Wildman–Crippen LogP) is 0.203. The summed E-state index contributed by atoms with van der Waals surface area (Å²) in [5.41, 5.74) is 1.41. The van der Waals surface area contributed by atoms with Crippen LogP contribution in [-0.4, -0.2) is 10.9 Å². The van der Waals surface area contributed by atoms with Gasteiger partial charge in [-0.25, -0.2) is 0 Å². The Labute approximate surface area is 119 Å². The molecule has 0 fully saturated rings. The van der Waals surface area contributed by atoms with Gasteiger partial charge in [0.15, 0.2) is 4.90 Å². The third-order valence-corrected chi connectivity index (χ3v) is 3.81. The first-order chi connectivity index (χ1) is 8.34. The van der Waals surface area contributed by atoms with E-state index in [0.29, 0.717) is 5.75 Å². The minimum atomic E-state index is 0. The quantitative estimate of drug-likeness (QED) is 0.471. The Hall–Kier alpha value is -1.12. The van der Waals surface area contributed by atoms with Crippen molar-refractivity contribution in [3.05, 3.63) is 60.2 Å². The molecule has 2 aromatic carbocycles. The second-order valence-electron chi connectivity index (χ2n) is 3.99. The first-order valence-corrected chi connectivity index (χ1v) is 6.93. The molecule has 0 saturated heterocycles. The average molecular weight is 281 g/mol. The van der Waals surface area contributed by atoms with E-state index >= 15 is 0 Å². The molecule has 0 radical (unpaired) electrons. The fourth-order valence-electron chi connectivity index (χ4n) is 1.69. The van der Waals surface area contributed by atoms with Crippen LogP contribution in [0.25, 0.3) is 0 Å². The van der Waals surface area contributed by atoms with Crippen molar-refractivity contribution in [3.63, 3.8) is 0 Å². The molecule has 2 rings (SSSR count). The molecule has 0 atom stereocenters. The van der Waals surface area contributed by atoms with Crippen molar-refractivity contribution in [3.8, 4) is 5.75 Å². The summed E-state index contributed by atoms with van der Waals surface area (Å²) in [7, 11) is 0. The number of hydrogen-bond donors (Lipinski definition) is 1. The van der Waals surface area contributed by atoms with Crippen LogP contribution in [0.5, 0.6) is 5.75 Å². The lowest BCUT2D eigenvalue weighted by Crippen LogP contribution is -3.00. The van der Waals surface area contributed by atoms with E-state index in [1.54, 1.807) is 12.1 Å². The lowest BCUT2D eigenvalue weighted by atomic mass is 10.1. The van der Waals surface area contributed by atoms with Crippen molar-refractivity contribution in [1.82, 2.24) is 0 Å². The Kier molecular flexibility index (Phi) is 6.69.